The highest BCUT2D eigenvalue weighted by atomic mass is 16.8. The van der Waals surface area contributed by atoms with Crippen molar-refractivity contribution in [1.29, 1.82) is 0 Å². The van der Waals surface area contributed by atoms with Gasteiger partial charge in [-0.1, -0.05) is 121 Å². The number of aliphatic hydroxyl groups excluding tert-OH is 4. The summed E-state index contributed by atoms with van der Waals surface area (Å²) in [6.45, 7) is -0.492. The molecule has 0 unspecified atom stereocenters. The summed E-state index contributed by atoms with van der Waals surface area (Å²) in [5.41, 5.74) is 3.48. The number of aliphatic hydroxyl groups is 4. The van der Waals surface area contributed by atoms with Gasteiger partial charge in [-0.2, -0.15) is 0 Å². The van der Waals surface area contributed by atoms with Gasteiger partial charge in [-0.3, -0.25) is 0 Å². The molecule has 0 radical (unpaired) electrons. The van der Waals surface area contributed by atoms with Gasteiger partial charge >= 0.3 is 0 Å². The monoisotopic (exact) mass is 702 g/mol. The molecule has 2 fully saturated rings. The maximum Gasteiger partial charge on any atom is 0.190 e. The molecule has 0 aliphatic carbocycles. The van der Waals surface area contributed by atoms with E-state index in [0.29, 0.717) is 0 Å². The number of rotatable bonds is 16. The highest BCUT2D eigenvalue weighted by Gasteiger charge is 2.52. The Bertz CT molecular complexity index is 1430. The van der Waals surface area contributed by atoms with E-state index in [2.05, 4.69) is 0 Å². The quantitative estimate of drug-likeness (QED) is 0.136. The molecule has 2 saturated heterocycles. The second-order valence-electron chi connectivity index (χ2n) is 12.6. The van der Waals surface area contributed by atoms with E-state index < -0.39 is 74.6 Å². The van der Waals surface area contributed by atoms with Crippen LogP contribution >= 0.6 is 0 Å². The number of ether oxygens (including phenoxy) is 7. The molecule has 11 heteroatoms. The van der Waals surface area contributed by atoms with E-state index in [1.54, 1.807) is 0 Å². The van der Waals surface area contributed by atoms with Crippen LogP contribution in [0, 0.1) is 0 Å². The van der Waals surface area contributed by atoms with E-state index in [1.165, 1.54) is 0 Å². The minimum Gasteiger partial charge on any atom is -0.394 e. The Balaban J connectivity index is 1.30. The van der Waals surface area contributed by atoms with Crippen molar-refractivity contribution in [2.45, 2.75) is 87.8 Å². The van der Waals surface area contributed by atoms with Crippen LogP contribution in [0.25, 0.3) is 0 Å². The summed E-state index contributed by atoms with van der Waals surface area (Å²) in [5.74, 6) is 0. The molecule has 11 nitrogen and oxygen atoms in total. The Morgan fingerprint density at radius 1 is 0.412 bits per heavy atom. The number of benzene rings is 4. The maximum atomic E-state index is 11.4. The van der Waals surface area contributed by atoms with Crippen LogP contribution in [0.1, 0.15) is 22.3 Å². The Kier molecular flexibility index (Phi) is 13.7. The molecule has 0 bridgehead atoms. The summed E-state index contributed by atoms with van der Waals surface area (Å²) in [6.07, 6.45) is -11.3. The van der Waals surface area contributed by atoms with Crippen molar-refractivity contribution >= 4 is 0 Å². The van der Waals surface area contributed by atoms with E-state index in [4.69, 9.17) is 33.2 Å². The van der Waals surface area contributed by atoms with Crippen molar-refractivity contribution in [2.24, 2.45) is 0 Å². The van der Waals surface area contributed by atoms with Crippen LogP contribution in [0.2, 0.25) is 0 Å². The first-order chi connectivity index (χ1) is 25.0. The molecule has 0 spiro atoms. The van der Waals surface area contributed by atoms with Crippen molar-refractivity contribution in [1.82, 2.24) is 0 Å². The zero-order valence-corrected chi connectivity index (χ0v) is 28.2. The van der Waals surface area contributed by atoms with Crippen molar-refractivity contribution < 1.29 is 53.6 Å². The molecular weight excluding hydrogens is 656 g/mol. The van der Waals surface area contributed by atoms with Gasteiger partial charge < -0.3 is 53.6 Å². The lowest BCUT2D eigenvalue weighted by Crippen LogP contribution is -2.65. The molecule has 4 N–H and O–H groups in total. The van der Waals surface area contributed by atoms with Crippen molar-refractivity contribution in [3.63, 3.8) is 0 Å². The molecule has 0 saturated carbocycles. The van der Waals surface area contributed by atoms with Crippen LogP contribution in [-0.2, 0) is 59.6 Å². The minimum atomic E-state index is -1.27. The molecule has 51 heavy (non-hydrogen) atoms. The lowest BCUT2D eigenvalue weighted by atomic mass is 9.97. The van der Waals surface area contributed by atoms with E-state index in [9.17, 15) is 20.4 Å². The van der Waals surface area contributed by atoms with Crippen molar-refractivity contribution in [3.05, 3.63) is 144 Å². The van der Waals surface area contributed by atoms with Gasteiger partial charge in [-0.25, -0.2) is 0 Å². The third kappa shape index (κ3) is 9.86. The second kappa shape index (κ2) is 18.8. The molecule has 2 heterocycles. The normalized spacial score (nSPS) is 29.5. The fourth-order valence-corrected chi connectivity index (χ4v) is 6.24. The van der Waals surface area contributed by atoms with Gasteiger partial charge in [0.25, 0.3) is 0 Å². The molecule has 6 rings (SSSR count). The Morgan fingerprint density at radius 2 is 0.686 bits per heavy atom. The molecule has 2 aliphatic heterocycles. The van der Waals surface area contributed by atoms with Crippen LogP contribution in [-0.4, -0.2) is 95.1 Å². The smallest absolute Gasteiger partial charge is 0.190 e. The zero-order valence-electron chi connectivity index (χ0n) is 28.2. The molecule has 2 aliphatic rings. The van der Waals surface area contributed by atoms with Crippen LogP contribution in [0.5, 0.6) is 0 Å². The standard InChI is InChI=1S/C40H46O11/c41-21-31-33(43)35(45-23-27-13-5-1-6-14-27)37(47-25-29-17-9-3-10-18-29)39(49-31)51-40-38(48-26-30-19-11-4-12-20-30)36(34(44)32(22-42)50-40)46-24-28-15-7-2-8-16-28/h1-20,31-44H,21-26H2/t31-,32+,33+,34-,35+,36-,37-,38-,39-,40-/m1/s1. The van der Waals surface area contributed by atoms with Crippen LogP contribution in [0.15, 0.2) is 121 Å². The van der Waals surface area contributed by atoms with Gasteiger partial charge in [-0.15, -0.1) is 0 Å². The van der Waals surface area contributed by atoms with E-state index in [0.717, 1.165) is 22.3 Å². The average Bonchev–Trinajstić information content (AvgIpc) is 3.18. The van der Waals surface area contributed by atoms with Crippen LogP contribution < -0.4 is 0 Å². The molecule has 0 aromatic heterocycles. The van der Waals surface area contributed by atoms with Gasteiger partial charge in [0, 0.05) is 0 Å². The highest BCUT2D eigenvalue weighted by Crippen LogP contribution is 2.34. The SMILES string of the molecule is OC[C@@H]1O[C@H](O[C@H]2O[C@H](CO)[C@H](O)[C@H](OCc3ccccc3)[C@H]2OCc2ccccc2)[C@H](OCc2ccccc2)[C@H](OCc2ccccc2)[C@@H]1O. The van der Waals surface area contributed by atoms with Crippen LogP contribution in [0.4, 0.5) is 0 Å². The molecular formula is C40H46O11. The topological polar surface area (TPSA) is 146 Å². The van der Waals surface area contributed by atoms with Gasteiger partial charge in [0.1, 0.15) is 48.8 Å². The first kappa shape index (κ1) is 37.2. The van der Waals surface area contributed by atoms with Crippen LogP contribution in [0.3, 0.4) is 0 Å². The number of hydrogen-bond acceptors (Lipinski definition) is 11. The lowest BCUT2D eigenvalue weighted by molar-refractivity contribution is -0.389. The maximum absolute atomic E-state index is 11.4. The van der Waals surface area contributed by atoms with Gasteiger partial charge in [0.15, 0.2) is 12.6 Å². The molecule has 4 aromatic rings. The minimum absolute atomic E-state index is 0.136. The fraction of sp³-hybridized carbons (Fsp3) is 0.400. The molecule has 10 atom stereocenters. The molecule has 272 valence electrons. The van der Waals surface area contributed by atoms with E-state index >= 15 is 0 Å². The third-order valence-electron chi connectivity index (χ3n) is 9.01. The third-order valence-corrected chi connectivity index (χ3v) is 9.01. The summed E-state index contributed by atoms with van der Waals surface area (Å²) in [5, 5.41) is 43.4. The first-order valence-electron chi connectivity index (χ1n) is 17.2. The zero-order chi connectivity index (χ0) is 35.4. The first-order valence-corrected chi connectivity index (χ1v) is 17.2. The predicted molar refractivity (Wildman–Crippen MR) is 185 cm³/mol. The van der Waals surface area contributed by atoms with Gasteiger partial charge in [0.2, 0.25) is 0 Å². The summed E-state index contributed by atoms with van der Waals surface area (Å²) >= 11 is 0. The largest absolute Gasteiger partial charge is 0.394 e. The van der Waals surface area contributed by atoms with Gasteiger partial charge in [0.05, 0.1) is 39.6 Å². The Labute approximate surface area is 297 Å². The van der Waals surface area contributed by atoms with E-state index in [1.807, 2.05) is 121 Å². The molecule has 0 amide bonds. The summed E-state index contributed by atoms with van der Waals surface area (Å²) in [7, 11) is 0. The summed E-state index contributed by atoms with van der Waals surface area (Å²) < 4.78 is 44.4. The second-order valence-corrected chi connectivity index (χ2v) is 12.6. The summed E-state index contributed by atoms with van der Waals surface area (Å²) in [6, 6.07) is 38.0. The highest BCUT2D eigenvalue weighted by molar-refractivity contribution is 5.16. The van der Waals surface area contributed by atoms with E-state index in [-0.39, 0.29) is 26.4 Å². The van der Waals surface area contributed by atoms with Crippen molar-refractivity contribution in [2.75, 3.05) is 13.2 Å². The average molecular weight is 703 g/mol. The lowest BCUT2D eigenvalue weighted by Gasteiger charge is -2.48. The Morgan fingerprint density at radius 3 is 0.961 bits per heavy atom. The van der Waals surface area contributed by atoms with Crippen molar-refractivity contribution in [3.8, 4) is 0 Å². The van der Waals surface area contributed by atoms with Gasteiger partial charge in [-0.05, 0) is 22.3 Å². The molecule has 4 aromatic carbocycles. The summed E-state index contributed by atoms with van der Waals surface area (Å²) in [4.78, 5) is 0. The fourth-order valence-electron chi connectivity index (χ4n) is 6.24. The predicted octanol–water partition coefficient (Wildman–Crippen LogP) is 3.50. The Hall–Kier alpha value is -3.56. The number of hydrogen-bond donors (Lipinski definition) is 4.